The van der Waals surface area contributed by atoms with Crippen LogP contribution in [-0.4, -0.2) is 10.5 Å². The van der Waals surface area contributed by atoms with Gasteiger partial charge in [0.15, 0.2) is 0 Å². The van der Waals surface area contributed by atoms with Crippen molar-refractivity contribution in [1.82, 2.24) is 9.88 Å². The smallest absolute Gasteiger partial charge is 0.328 e. The summed E-state index contributed by atoms with van der Waals surface area (Å²) in [4.78, 5) is 13.1. The molecular weight excluding hydrogens is 360 g/mol. The van der Waals surface area contributed by atoms with Crippen LogP contribution in [0.15, 0.2) is 91.1 Å². The lowest BCUT2D eigenvalue weighted by molar-refractivity contribution is -0.161. The van der Waals surface area contributed by atoms with Crippen molar-refractivity contribution in [1.29, 1.82) is 0 Å². The van der Waals surface area contributed by atoms with Gasteiger partial charge in [-0.25, -0.2) is 4.79 Å². The second kappa shape index (κ2) is 7.22. The fraction of sp³-hybridized carbons (Fsp3) is 0.160. The minimum Gasteiger partial charge on any atom is -0.454 e. The zero-order valence-electron chi connectivity index (χ0n) is 16.2. The fourth-order valence-electron chi connectivity index (χ4n) is 4.25. The van der Waals surface area contributed by atoms with Gasteiger partial charge in [0.05, 0.1) is 6.04 Å². The number of benzene rings is 3. The van der Waals surface area contributed by atoms with Crippen LogP contribution in [0.4, 0.5) is 0 Å². The third-order valence-corrected chi connectivity index (χ3v) is 5.65. The number of nitrogens with zero attached hydrogens (tertiary/aromatic N) is 1. The number of carbonyl (C=O) groups is 1. The first-order valence-corrected chi connectivity index (χ1v) is 9.83. The Hall–Kier alpha value is -3.37. The number of cyclic esters (lactones) is 1. The molecule has 0 spiro atoms. The third-order valence-electron chi connectivity index (χ3n) is 5.65. The Balaban J connectivity index is 1.59. The van der Waals surface area contributed by atoms with E-state index in [9.17, 15) is 4.79 Å². The standard InChI is InChI=1S/C25H22N2O2/c1-27-16-20(19-14-8-9-15-21(19)27)23-25(28)29-24(18-12-6-3-7-13-18)22(26-23)17-10-4-2-5-11-17/h2-16,22-24,26H,1H3/t22-,23-,24+/m0/s1. The molecule has 1 aliphatic rings. The molecule has 0 unspecified atom stereocenters. The van der Waals surface area contributed by atoms with E-state index in [-0.39, 0.29) is 18.1 Å². The van der Waals surface area contributed by atoms with E-state index in [0.29, 0.717) is 0 Å². The summed E-state index contributed by atoms with van der Waals surface area (Å²) >= 11 is 0. The summed E-state index contributed by atoms with van der Waals surface area (Å²) in [6.07, 6.45) is 1.64. The molecule has 0 radical (unpaired) electrons. The molecule has 1 saturated heterocycles. The van der Waals surface area contributed by atoms with Gasteiger partial charge in [-0.15, -0.1) is 0 Å². The van der Waals surface area contributed by atoms with Crippen LogP contribution in [0.2, 0.25) is 0 Å². The number of fused-ring (bicyclic) bond motifs is 1. The SMILES string of the molecule is Cn1cc([C@@H]2N[C@@H](c3ccccc3)[C@@H](c3ccccc3)OC2=O)c2ccccc21. The molecule has 1 aromatic heterocycles. The highest BCUT2D eigenvalue weighted by molar-refractivity contribution is 5.90. The van der Waals surface area contributed by atoms with Gasteiger partial charge in [-0.2, -0.15) is 0 Å². The van der Waals surface area contributed by atoms with Crippen LogP contribution in [0.5, 0.6) is 0 Å². The summed E-state index contributed by atoms with van der Waals surface area (Å²) in [5, 5.41) is 4.67. The molecular formula is C25H22N2O2. The van der Waals surface area contributed by atoms with Crippen molar-refractivity contribution in [3.63, 3.8) is 0 Å². The lowest BCUT2D eigenvalue weighted by Gasteiger charge is -2.37. The number of carbonyl (C=O) groups excluding carboxylic acids is 1. The molecule has 1 aliphatic heterocycles. The number of rotatable bonds is 3. The Labute approximate surface area is 169 Å². The molecule has 29 heavy (non-hydrogen) atoms. The molecule has 0 saturated carbocycles. The van der Waals surface area contributed by atoms with E-state index >= 15 is 0 Å². The Bertz CT molecular complexity index is 1150. The van der Waals surface area contributed by atoms with Gasteiger partial charge in [-0.3, -0.25) is 5.32 Å². The average Bonchev–Trinajstić information content (AvgIpc) is 3.11. The summed E-state index contributed by atoms with van der Waals surface area (Å²) in [7, 11) is 2.00. The molecule has 144 valence electrons. The number of hydrogen-bond acceptors (Lipinski definition) is 3. The number of nitrogens with one attached hydrogen (secondary N) is 1. The van der Waals surface area contributed by atoms with Crippen molar-refractivity contribution in [2.75, 3.05) is 0 Å². The van der Waals surface area contributed by atoms with Crippen molar-refractivity contribution in [2.24, 2.45) is 7.05 Å². The molecule has 1 fully saturated rings. The Morgan fingerprint density at radius 3 is 2.17 bits per heavy atom. The topological polar surface area (TPSA) is 43.3 Å². The molecule has 4 nitrogen and oxygen atoms in total. The molecule has 0 aliphatic carbocycles. The van der Waals surface area contributed by atoms with Crippen LogP contribution in [0.25, 0.3) is 10.9 Å². The molecule has 1 N–H and O–H groups in total. The van der Waals surface area contributed by atoms with E-state index in [1.807, 2.05) is 73.9 Å². The zero-order valence-corrected chi connectivity index (χ0v) is 16.2. The minimum absolute atomic E-state index is 0.139. The summed E-state index contributed by atoms with van der Waals surface area (Å²) in [6.45, 7) is 0. The van der Waals surface area contributed by atoms with Crippen molar-refractivity contribution in [3.05, 3.63) is 108 Å². The second-order valence-electron chi connectivity index (χ2n) is 7.47. The predicted octanol–water partition coefficient (Wildman–Crippen LogP) is 4.85. The van der Waals surface area contributed by atoms with E-state index in [0.717, 1.165) is 27.6 Å². The maximum absolute atomic E-state index is 13.1. The van der Waals surface area contributed by atoms with Gasteiger partial charge in [0.1, 0.15) is 12.1 Å². The number of para-hydroxylation sites is 1. The van der Waals surface area contributed by atoms with Gasteiger partial charge in [-0.05, 0) is 17.2 Å². The van der Waals surface area contributed by atoms with Gasteiger partial charge in [0.2, 0.25) is 0 Å². The Kier molecular flexibility index (Phi) is 4.41. The monoisotopic (exact) mass is 382 g/mol. The molecule has 3 aromatic carbocycles. The zero-order chi connectivity index (χ0) is 19.8. The number of aryl methyl sites for hydroxylation is 1. The van der Waals surface area contributed by atoms with Crippen LogP contribution in [0, 0.1) is 0 Å². The first kappa shape index (κ1) is 17.7. The Morgan fingerprint density at radius 2 is 1.45 bits per heavy atom. The van der Waals surface area contributed by atoms with Gasteiger partial charge in [0.25, 0.3) is 0 Å². The van der Waals surface area contributed by atoms with Crippen molar-refractivity contribution in [3.8, 4) is 0 Å². The predicted molar refractivity (Wildman–Crippen MR) is 113 cm³/mol. The molecule has 3 atom stereocenters. The van der Waals surface area contributed by atoms with E-state index in [4.69, 9.17) is 4.74 Å². The average molecular weight is 382 g/mol. The van der Waals surface area contributed by atoms with E-state index in [1.165, 1.54) is 0 Å². The lowest BCUT2D eigenvalue weighted by atomic mass is 9.91. The summed E-state index contributed by atoms with van der Waals surface area (Å²) in [6, 6.07) is 27.6. The van der Waals surface area contributed by atoms with Gasteiger partial charge < -0.3 is 9.30 Å². The highest BCUT2D eigenvalue weighted by atomic mass is 16.5. The van der Waals surface area contributed by atoms with Crippen LogP contribution in [-0.2, 0) is 16.6 Å². The maximum Gasteiger partial charge on any atom is 0.328 e. The molecule has 4 aromatic rings. The number of esters is 1. The molecule has 0 bridgehead atoms. The van der Waals surface area contributed by atoms with Crippen molar-refractivity contribution >= 4 is 16.9 Å². The maximum atomic E-state index is 13.1. The summed E-state index contributed by atoms with van der Waals surface area (Å²) in [5.41, 5.74) is 4.12. The molecule has 2 heterocycles. The number of ether oxygens (including phenoxy) is 1. The van der Waals surface area contributed by atoms with Crippen molar-refractivity contribution in [2.45, 2.75) is 18.2 Å². The highest BCUT2D eigenvalue weighted by Gasteiger charge is 2.40. The molecule has 0 amide bonds. The minimum atomic E-state index is -0.522. The number of hydrogen-bond donors (Lipinski definition) is 1. The molecule has 5 rings (SSSR count). The van der Waals surface area contributed by atoms with Crippen LogP contribution < -0.4 is 5.32 Å². The number of aromatic nitrogens is 1. The third kappa shape index (κ3) is 3.12. The van der Waals surface area contributed by atoms with Crippen molar-refractivity contribution < 1.29 is 9.53 Å². The first-order chi connectivity index (χ1) is 14.2. The largest absolute Gasteiger partial charge is 0.454 e. The fourth-order valence-corrected chi connectivity index (χ4v) is 4.25. The van der Waals surface area contributed by atoms with Crippen LogP contribution in [0.1, 0.15) is 34.9 Å². The Morgan fingerprint density at radius 1 is 0.828 bits per heavy atom. The van der Waals surface area contributed by atoms with E-state index in [1.54, 1.807) is 0 Å². The summed E-state index contributed by atoms with van der Waals surface area (Å²) < 4.78 is 8.11. The van der Waals surface area contributed by atoms with E-state index < -0.39 is 6.04 Å². The highest BCUT2D eigenvalue weighted by Crippen LogP contribution is 2.40. The lowest BCUT2D eigenvalue weighted by Crippen LogP contribution is -2.43. The quantitative estimate of drug-likeness (QED) is 0.515. The first-order valence-electron chi connectivity index (χ1n) is 9.83. The van der Waals surface area contributed by atoms with Crippen LogP contribution in [0.3, 0.4) is 0 Å². The van der Waals surface area contributed by atoms with E-state index in [2.05, 4.69) is 34.1 Å². The van der Waals surface area contributed by atoms with Crippen LogP contribution >= 0.6 is 0 Å². The van der Waals surface area contributed by atoms with Gasteiger partial charge in [0, 0.05) is 29.7 Å². The summed E-state index contributed by atoms with van der Waals surface area (Å²) in [5.74, 6) is -0.248. The molecule has 4 heteroatoms. The van der Waals surface area contributed by atoms with Gasteiger partial charge >= 0.3 is 5.97 Å². The normalized spacial score (nSPS) is 21.8. The number of morpholine rings is 1. The van der Waals surface area contributed by atoms with Gasteiger partial charge in [-0.1, -0.05) is 78.9 Å². The second-order valence-corrected chi connectivity index (χ2v) is 7.47.